The third-order valence-corrected chi connectivity index (χ3v) is 9.48. The molecule has 1 aromatic carbocycles. The van der Waals surface area contributed by atoms with E-state index in [1.54, 1.807) is 0 Å². The number of fused-ring (bicyclic) bond motifs is 2. The van der Waals surface area contributed by atoms with Crippen LogP contribution in [0.4, 0.5) is 0 Å². The van der Waals surface area contributed by atoms with Gasteiger partial charge in [0.2, 0.25) is 5.91 Å². The van der Waals surface area contributed by atoms with Gasteiger partial charge in [0.05, 0.1) is 16.5 Å². The predicted molar refractivity (Wildman–Crippen MR) is 127 cm³/mol. The van der Waals surface area contributed by atoms with Crippen LogP contribution in [0.25, 0.3) is 10.9 Å². The minimum atomic E-state index is -0.0803. The SMILES string of the molecule is O=C(c1c2c(nc3ccccc13)CCC2)N1CCN(C(=O)C23CC4CC(CC(C4)C2)C3)CC1. The Balaban J connectivity index is 1.11. The summed E-state index contributed by atoms with van der Waals surface area (Å²) in [5.41, 5.74) is 3.98. The molecule has 0 spiro atoms. The summed E-state index contributed by atoms with van der Waals surface area (Å²) in [4.78, 5) is 36.4. The minimum absolute atomic E-state index is 0.0803. The highest BCUT2D eigenvalue weighted by molar-refractivity contribution is 6.08. The van der Waals surface area contributed by atoms with E-state index in [2.05, 4.69) is 4.90 Å². The van der Waals surface area contributed by atoms with Crippen molar-refractivity contribution in [2.45, 2.75) is 57.8 Å². The van der Waals surface area contributed by atoms with Crippen molar-refractivity contribution in [1.29, 1.82) is 0 Å². The van der Waals surface area contributed by atoms with Crippen LogP contribution in [0, 0.1) is 23.2 Å². The molecule has 5 fully saturated rings. The van der Waals surface area contributed by atoms with Gasteiger partial charge < -0.3 is 9.80 Å². The fourth-order valence-electron chi connectivity index (χ4n) is 8.43. The van der Waals surface area contributed by atoms with Crippen molar-refractivity contribution in [2.24, 2.45) is 23.2 Å². The molecule has 33 heavy (non-hydrogen) atoms. The summed E-state index contributed by atoms with van der Waals surface area (Å²) in [6.45, 7) is 2.64. The van der Waals surface area contributed by atoms with Crippen LogP contribution < -0.4 is 0 Å². The lowest BCUT2D eigenvalue weighted by Crippen LogP contribution is -2.58. The minimum Gasteiger partial charge on any atom is -0.339 e. The molecular formula is C28H33N3O2. The number of hydrogen-bond acceptors (Lipinski definition) is 3. The van der Waals surface area contributed by atoms with Crippen LogP contribution in [0.15, 0.2) is 24.3 Å². The van der Waals surface area contributed by atoms with Crippen molar-refractivity contribution >= 4 is 22.7 Å². The smallest absolute Gasteiger partial charge is 0.255 e. The maximum atomic E-state index is 13.8. The zero-order valence-electron chi connectivity index (χ0n) is 19.4. The number of pyridine rings is 1. The first kappa shape index (κ1) is 20.0. The van der Waals surface area contributed by atoms with E-state index in [0.29, 0.717) is 32.1 Å². The van der Waals surface area contributed by atoms with Gasteiger partial charge in [-0.15, -0.1) is 0 Å². The van der Waals surface area contributed by atoms with Gasteiger partial charge in [-0.3, -0.25) is 14.6 Å². The van der Waals surface area contributed by atoms with E-state index in [0.717, 1.165) is 84.0 Å². The van der Waals surface area contributed by atoms with E-state index in [-0.39, 0.29) is 11.3 Å². The number of para-hydroxylation sites is 1. The van der Waals surface area contributed by atoms with E-state index in [1.807, 2.05) is 29.2 Å². The summed E-state index contributed by atoms with van der Waals surface area (Å²) < 4.78 is 0. The van der Waals surface area contributed by atoms with Crippen molar-refractivity contribution in [3.8, 4) is 0 Å². The number of benzene rings is 1. The lowest BCUT2D eigenvalue weighted by atomic mass is 9.49. The molecule has 5 nitrogen and oxygen atoms in total. The lowest BCUT2D eigenvalue weighted by Gasteiger charge is -2.57. The number of rotatable bonds is 2. The Morgan fingerprint density at radius 1 is 0.848 bits per heavy atom. The number of nitrogens with zero attached hydrogens (tertiary/aromatic N) is 3. The second-order valence-corrected chi connectivity index (χ2v) is 11.6. The highest BCUT2D eigenvalue weighted by Gasteiger charge is 2.55. The first-order chi connectivity index (χ1) is 16.1. The average Bonchev–Trinajstić information content (AvgIpc) is 3.29. The molecule has 1 aliphatic heterocycles. The van der Waals surface area contributed by atoms with E-state index in [9.17, 15) is 9.59 Å². The van der Waals surface area contributed by atoms with Gasteiger partial charge >= 0.3 is 0 Å². The zero-order chi connectivity index (χ0) is 22.2. The Hall–Kier alpha value is -2.43. The molecule has 5 aliphatic carbocycles. The van der Waals surface area contributed by atoms with Gasteiger partial charge in [-0.1, -0.05) is 18.2 Å². The van der Waals surface area contributed by atoms with Gasteiger partial charge in [-0.25, -0.2) is 0 Å². The van der Waals surface area contributed by atoms with Crippen molar-refractivity contribution in [1.82, 2.24) is 14.8 Å². The van der Waals surface area contributed by atoms with Crippen LogP contribution in [-0.4, -0.2) is 52.8 Å². The van der Waals surface area contributed by atoms with Gasteiger partial charge in [0.25, 0.3) is 5.91 Å². The summed E-state index contributed by atoms with van der Waals surface area (Å²) in [7, 11) is 0. The molecule has 0 radical (unpaired) electrons. The fraction of sp³-hybridized carbons (Fsp3) is 0.607. The van der Waals surface area contributed by atoms with Crippen LogP contribution in [0.5, 0.6) is 0 Å². The van der Waals surface area contributed by atoms with E-state index < -0.39 is 0 Å². The standard InChI is InChI=1S/C28H33N3O2/c32-26(25-21-4-1-2-6-23(21)29-24-7-3-5-22(24)25)30-8-10-31(11-9-30)27(33)28-15-18-12-19(16-28)14-20(13-18)17-28/h1-2,4,6,18-20H,3,5,7-17H2. The highest BCUT2D eigenvalue weighted by Crippen LogP contribution is 2.60. The normalized spacial score (nSPS) is 32.4. The number of piperazine rings is 1. The van der Waals surface area contributed by atoms with Crippen LogP contribution in [-0.2, 0) is 17.6 Å². The predicted octanol–water partition coefficient (Wildman–Crippen LogP) is 4.22. The van der Waals surface area contributed by atoms with E-state index >= 15 is 0 Å². The third kappa shape index (κ3) is 3.07. The number of carbonyl (C=O) groups is 2. The molecule has 2 amide bonds. The molecule has 0 unspecified atom stereocenters. The molecular weight excluding hydrogens is 410 g/mol. The van der Waals surface area contributed by atoms with E-state index in [1.165, 1.54) is 19.3 Å². The molecule has 2 aromatic rings. The largest absolute Gasteiger partial charge is 0.339 e. The summed E-state index contributed by atoms with van der Waals surface area (Å²) in [5, 5.41) is 0.982. The number of hydrogen-bond donors (Lipinski definition) is 0. The van der Waals surface area contributed by atoms with Crippen LogP contribution in [0.3, 0.4) is 0 Å². The molecule has 5 heteroatoms. The second kappa shape index (κ2) is 7.28. The Kier molecular flexibility index (Phi) is 4.41. The molecule has 4 saturated carbocycles. The van der Waals surface area contributed by atoms with Gasteiger partial charge in [0.15, 0.2) is 0 Å². The topological polar surface area (TPSA) is 53.5 Å². The molecule has 6 aliphatic rings. The first-order valence-corrected chi connectivity index (χ1v) is 13.1. The van der Waals surface area contributed by atoms with Crippen molar-refractivity contribution in [2.75, 3.05) is 26.2 Å². The quantitative estimate of drug-likeness (QED) is 0.698. The van der Waals surface area contributed by atoms with Gasteiger partial charge in [0, 0.05) is 37.3 Å². The van der Waals surface area contributed by atoms with Gasteiger partial charge in [-0.05, 0) is 87.2 Å². The van der Waals surface area contributed by atoms with Gasteiger partial charge in [-0.2, -0.15) is 0 Å². The monoisotopic (exact) mass is 443 g/mol. The summed E-state index contributed by atoms with van der Waals surface area (Å²) >= 11 is 0. The molecule has 0 atom stereocenters. The Bertz CT molecular complexity index is 1110. The summed E-state index contributed by atoms with van der Waals surface area (Å²) in [5.74, 6) is 2.89. The molecule has 0 N–H and O–H groups in total. The van der Waals surface area contributed by atoms with Gasteiger partial charge in [0.1, 0.15) is 0 Å². The number of amides is 2. The Labute approximate surface area is 195 Å². The molecule has 4 bridgehead atoms. The zero-order valence-corrected chi connectivity index (χ0v) is 19.4. The van der Waals surface area contributed by atoms with Crippen molar-refractivity contribution in [3.63, 3.8) is 0 Å². The third-order valence-electron chi connectivity index (χ3n) is 9.48. The van der Waals surface area contributed by atoms with Crippen LogP contribution >= 0.6 is 0 Å². The average molecular weight is 444 g/mol. The lowest BCUT2D eigenvalue weighted by molar-refractivity contribution is -0.159. The second-order valence-electron chi connectivity index (χ2n) is 11.6. The Morgan fingerprint density at radius 3 is 2.18 bits per heavy atom. The summed E-state index contributed by atoms with van der Waals surface area (Å²) in [6.07, 6.45) is 10.4. The molecule has 8 rings (SSSR count). The highest BCUT2D eigenvalue weighted by atomic mass is 16.2. The maximum absolute atomic E-state index is 13.8. The molecule has 1 aromatic heterocycles. The van der Waals surface area contributed by atoms with Crippen molar-refractivity contribution < 1.29 is 9.59 Å². The molecule has 1 saturated heterocycles. The van der Waals surface area contributed by atoms with Crippen LogP contribution in [0.1, 0.15) is 66.6 Å². The number of aryl methyl sites for hydroxylation is 1. The summed E-state index contributed by atoms with van der Waals surface area (Å²) in [6, 6.07) is 8.07. The number of aromatic nitrogens is 1. The maximum Gasteiger partial charge on any atom is 0.255 e. The number of carbonyl (C=O) groups excluding carboxylic acids is 2. The molecule has 2 heterocycles. The van der Waals surface area contributed by atoms with Crippen molar-refractivity contribution in [3.05, 3.63) is 41.1 Å². The fourth-order valence-corrected chi connectivity index (χ4v) is 8.43. The van der Waals surface area contributed by atoms with Crippen LogP contribution in [0.2, 0.25) is 0 Å². The Morgan fingerprint density at radius 2 is 1.48 bits per heavy atom. The first-order valence-electron chi connectivity index (χ1n) is 13.1. The van der Waals surface area contributed by atoms with E-state index in [4.69, 9.17) is 4.98 Å². The molecule has 172 valence electrons.